The lowest BCUT2D eigenvalue weighted by Gasteiger charge is -2.17. The molecule has 6 heteroatoms. The highest BCUT2D eigenvalue weighted by atomic mass is 17.0. The molecule has 0 bridgehead atoms. The van der Waals surface area contributed by atoms with Gasteiger partial charge in [-0.05, 0) is 13.8 Å². The van der Waals surface area contributed by atoms with Crippen LogP contribution in [0.2, 0.25) is 0 Å². The van der Waals surface area contributed by atoms with Gasteiger partial charge < -0.3 is 5.11 Å². The van der Waals surface area contributed by atoms with Crippen LogP contribution in [0.1, 0.15) is 13.8 Å². The van der Waals surface area contributed by atoms with Crippen LogP contribution in [-0.4, -0.2) is 29.7 Å². The molecule has 0 aromatic carbocycles. The first-order valence-electron chi connectivity index (χ1n) is 3.26. The van der Waals surface area contributed by atoms with Gasteiger partial charge in [0.2, 0.25) is 0 Å². The van der Waals surface area contributed by atoms with Gasteiger partial charge in [0.1, 0.15) is 0 Å². The molecule has 11 heavy (non-hydrogen) atoms. The van der Waals surface area contributed by atoms with Crippen molar-refractivity contribution in [3.8, 4) is 0 Å². The minimum Gasteiger partial charge on any atom is -0.464 e. The molecule has 0 fully saturated rings. The summed E-state index contributed by atoms with van der Waals surface area (Å²) in [6.45, 7) is 4.10. The Morgan fingerprint density at radius 1 is 1.45 bits per heavy atom. The first-order chi connectivity index (χ1) is 5.20. The lowest BCUT2D eigenvalue weighted by atomic mass is 10.9. The van der Waals surface area contributed by atoms with Gasteiger partial charge in [0, 0.05) is 5.34 Å². The fourth-order valence-corrected chi connectivity index (χ4v) is 0.414. The minimum absolute atomic E-state index is 0.334. The molecule has 0 aliphatic heterocycles. The fourth-order valence-electron chi connectivity index (χ4n) is 0.414. The molecule has 0 spiro atoms. The van der Waals surface area contributed by atoms with Crippen molar-refractivity contribution in [1.82, 2.24) is 10.8 Å². The molecule has 0 aliphatic carbocycles. The highest BCUT2D eigenvalue weighted by Crippen LogP contribution is 1.86. The summed E-state index contributed by atoms with van der Waals surface area (Å²) < 4.78 is 0. The zero-order chi connectivity index (χ0) is 8.69. The Morgan fingerprint density at radius 2 is 1.91 bits per heavy atom. The number of carbonyl (C=O) groups is 1. The number of hydrogen-bond acceptors (Lipinski definition) is 4. The molecule has 1 amide bonds. The molecule has 2 N–H and O–H groups in total. The largest absolute Gasteiger partial charge is 0.464 e. The van der Waals surface area contributed by atoms with E-state index in [0.717, 1.165) is 0 Å². The van der Waals surface area contributed by atoms with Gasteiger partial charge in [0.15, 0.2) is 0 Å². The van der Waals surface area contributed by atoms with Gasteiger partial charge in [-0.1, -0.05) is 0 Å². The smallest absolute Gasteiger partial charge is 0.423 e. The van der Waals surface area contributed by atoms with E-state index in [2.05, 4.69) is 0 Å². The summed E-state index contributed by atoms with van der Waals surface area (Å²) in [5, 5.41) is 8.94. The third-order valence-electron chi connectivity index (χ3n) is 0.680. The van der Waals surface area contributed by atoms with E-state index in [9.17, 15) is 4.79 Å². The monoisotopic (exact) mass is 164 g/mol. The van der Waals surface area contributed by atoms with E-state index in [4.69, 9.17) is 14.8 Å². The Bertz CT molecular complexity index is 113. The van der Waals surface area contributed by atoms with Gasteiger partial charge in [0.25, 0.3) is 0 Å². The molecule has 0 aromatic rings. The van der Waals surface area contributed by atoms with Crippen molar-refractivity contribution in [2.45, 2.75) is 13.8 Å². The summed E-state index contributed by atoms with van der Waals surface area (Å²) in [5.41, 5.74) is 1.89. The lowest BCUT2D eigenvalue weighted by Crippen LogP contribution is -2.41. The molecule has 0 aliphatic rings. The Labute approximate surface area is 64.6 Å². The predicted molar refractivity (Wildman–Crippen MR) is 36.3 cm³/mol. The van der Waals surface area contributed by atoms with E-state index in [1.54, 1.807) is 13.8 Å². The number of hydrazine groups is 1. The molecule has 0 unspecified atom stereocenters. The average Bonchev–Trinajstić information content (AvgIpc) is 1.87. The van der Waals surface area contributed by atoms with Crippen molar-refractivity contribution in [2.75, 3.05) is 13.2 Å². The number of amides is 1. The Hall–Kier alpha value is -0.850. The Kier molecular flexibility index (Phi) is 5.44. The van der Waals surface area contributed by atoms with Gasteiger partial charge in [-0.2, -0.15) is 0 Å². The molecular formula is C5H12N2O4. The second kappa shape index (κ2) is 5.90. The van der Waals surface area contributed by atoms with Gasteiger partial charge in [-0.15, -0.1) is 0 Å². The SMILES string of the molecule is CCON(NC(=O)O)OCC. The van der Waals surface area contributed by atoms with E-state index in [0.29, 0.717) is 18.5 Å². The van der Waals surface area contributed by atoms with Crippen LogP contribution in [0.5, 0.6) is 0 Å². The van der Waals surface area contributed by atoms with Crippen LogP contribution in [0.4, 0.5) is 4.79 Å². The maximum Gasteiger partial charge on any atom is 0.423 e. The predicted octanol–water partition coefficient (Wildman–Crippen LogP) is 0.374. The third-order valence-corrected chi connectivity index (χ3v) is 0.680. The molecule has 0 saturated carbocycles. The highest BCUT2D eigenvalue weighted by Gasteiger charge is 2.06. The summed E-state index contributed by atoms with van der Waals surface area (Å²) >= 11 is 0. The lowest BCUT2D eigenvalue weighted by molar-refractivity contribution is -0.387. The first-order valence-corrected chi connectivity index (χ1v) is 3.26. The van der Waals surface area contributed by atoms with Crippen molar-refractivity contribution < 1.29 is 19.6 Å². The summed E-state index contributed by atoms with van der Waals surface area (Å²) in [5.74, 6) is 0. The van der Waals surface area contributed by atoms with Gasteiger partial charge >= 0.3 is 6.09 Å². The van der Waals surface area contributed by atoms with Crippen molar-refractivity contribution in [1.29, 1.82) is 0 Å². The zero-order valence-electron chi connectivity index (χ0n) is 6.53. The number of hydrogen-bond donors (Lipinski definition) is 2. The fraction of sp³-hybridized carbons (Fsp3) is 0.800. The maximum absolute atomic E-state index is 10.0. The van der Waals surface area contributed by atoms with E-state index >= 15 is 0 Å². The summed E-state index contributed by atoms with van der Waals surface area (Å²) in [4.78, 5) is 19.5. The van der Waals surface area contributed by atoms with Crippen LogP contribution in [0.25, 0.3) is 0 Å². The minimum atomic E-state index is -1.23. The van der Waals surface area contributed by atoms with Crippen LogP contribution in [0.15, 0.2) is 0 Å². The van der Waals surface area contributed by atoms with Crippen LogP contribution < -0.4 is 5.43 Å². The van der Waals surface area contributed by atoms with E-state index in [1.807, 2.05) is 5.43 Å². The number of carboxylic acid groups (broad SMARTS) is 1. The molecule has 66 valence electrons. The van der Waals surface area contributed by atoms with Crippen LogP contribution in [0.3, 0.4) is 0 Å². The Balaban J connectivity index is 3.59. The van der Waals surface area contributed by atoms with E-state index in [1.165, 1.54) is 0 Å². The van der Waals surface area contributed by atoms with E-state index < -0.39 is 6.09 Å². The molecule has 0 saturated heterocycles. The van der Waals surface area contributed by atoms with Crippen molar-refractivity contribution in [3.63, 3.8) is 0 Å². The molecular weight excluding hydrogens is 152 g/mol. The second-order valence-electron chi connectivity index (χ2n) is 1.51. The van der Waals surface area contributed by atoms with Crippen molar-refractivity contribution in [3.05, 3.63) is 0 Å². The van der Waals surface area contributed by atoms with Crippen LogP contribution in [0, 0.1) is 0 Å². The molecule has 0 aromatic heterocycles. The van der Waals surface area contributed by atoms with Gasteiger partial charge in [0.05, 0.1) is 13.2 Å². The summed E-state index contributed by atoms with van der Waals surface area (Å²) in [7, 11) is 0. The quantitative estimate of drug-likeness (QED) is 0.574. The molecule has 0 atom stereocenters. The van der Waals surface area contributed by atoms with Crippen molar-refractivity contribution >= 4 is 6.09 Å². The van der Waals surface area contributed by atoms with Gasteiger partial charge in [-0.25, -0.2) is 10.2 Å². The number of nitrogens with zero attached hydrogens (tertiary/aromatic N) is 1. The topological polar surface area (TPSA) is 71.0 Å². The number of rotatable bonds is 5. The average molecular weight is 164 g/mol. The molecule has 0 rings (SSSR count). The normalized spacial score (nSPS) is 10.1. The molecule has 0 heterocycles. The molecule has 6 nitrogen and oxygen atoms in total. The molecule has 0 radical (unpaired) electrons. The second-order valence-corrected chi connectivity index (χ2v) is 1.51. The highest BCUT2D eigenvalue weighted by molar-refractivity contribution is 5.63. The summed E-state index contributed by atoms with van der Waals surface area (Å²) in [6.07, 6.45) is -1.23. The van der Waals surface area contributed by atoms with Crippen LogP contribution in [-0.2, 0) is 9.68 Å². The number of nitrogens with one attached hydrogen (secondary N) is 1. The third kappa shape index (κ3) is 5.59. The first kappa shape index (κ1) is 10.2. The summed E-state index contributed by atoms with van der Waals surface area (Å²) in [6, 6.07) is 0. The Morgan fingerprint density at radius 3 is 2.18 bits per heavy atom. The zero-order valence-corrected chi connectivity index (χ0v) is 6.53. The van der Waals surface area contributed by atoms with Crippen molar-refractivity contribution in [2.24, 2.45) is 0 Å². The van der Waals surface area contributed by atoms with Crippen LogP contribution >= 0.6 is 0 Å². The van der Waals surface area contributed by atoms with E-state index in [-0.39, 0.29) is 0 Å². The van der Waals surface area contributed by atoms with Gasteiger partial charge in [-0.3, -0.25) is 9.68 Å². The maximum atomic E-state index is 10.0. The standard InChI is InChI=1S/C5H12N2O4/c1-3-10-7(11-4-2)6-5(8)9/h6H,3-4H2,1-2H3,(H,8,9).